The standard InChI is InChI=1S/C22H20Cl2N4O3/c1-3-17-20(12-5-4-6-16(7-12)31-2)21-26-22(30)18(28(21)27-17)11-19(29)25-15-9-13(23)8-14(24)10-15/h4-10,18H,3,11H2,1-2H3,(H,25,29)(H,26,30). The molecule has 2 N–H and O–H groups in total. The lowest BCUT2D eigenvalue weighted by Gasteiger charge is -2.10. The summed E-state index contributed by atoms with van der Waals surface area (Å²) in [4.78, 5) is 25.3. The van der Waals surface area contributed by atoms with E-state index in [9.17, 15) is 9.59 Å². The molecule has 9 heteroatoms. The van der Waals surface area contributed by atoms with E-state index in [0.717, 1.165) is 16.8 Å². The SMILES string of the molecule is CCc1nn2c(c1-c1cccc(OC)c1)NC(=O)C2CC(=O)Nc1cc(Cl)cc(Cl)c1. The van der Waals surface area contributed by atoms with Gasteiger partial charge in [0.1, 0.15) is 17.6 Å². The van der Waals surface area contributed by atoms with Crippen LogP contribution < -0.4 is 15.4 Å². The predicted molar refractivity (Wildman–Crippen MR) is 121 cm³/mol. The molecule has 2 heterocycles. The van der Waals surface area contributed by atoms with E-state index in [2.05, 4.69) is 15.7 Å². The summed E-state index contributed by atoms with van der Waals surface area (Å²) in [6.07, 6.45) is 0.591. The maximum Gasteiger partial charge on any atom is 0.251 e. The van der Waals surface area contributed by atoms with Gasteiger partial charge in [-0.1, -0.05) is 42.3 Å². The van der Waals surface area contributed by atoms with Gasteiger partial charge in [-0.15, -0.1) is 0 Å². The van der Waals surface area contributed by atoms with Crippen LogP contribution in [0.5, 0.6) is 5.75 Å². The maximum absolute atomic E-state index is 12.7. The number of amides is 2. The minimum absolute atomic E-state index is 0.0780. The van der Waals surface area contributed by atoms with E-state index in [1.165, 1.54) is 0 Å². The Bertz CT molecular complexity index is 1160. The molecule has 2 amide bonds. The summed E-state index contributed by atoms with van der Waals surface area (Å²) in [5.74, 6) is 0.662. The smallest absolute Gasteiger partial charge is 0.251 e. The summed E-state index contributed by atoms with van der Waals surface area (Å²) in [6, 6.07) is 11.6. The fourth-order valence-corrected chi connectivity index (χ4v) is 4.19. The fraction of sp³-hybridized carbons (Fsp3) is 0.227. The van der Waals surface area contributed by atoms with Gasteiger partial charge in [0.25, 0.3) is 5.91 Å². The molecule has 1 aliphatic heterocycles. The highest BCUT2D eigenvalue weighted by Gasteiger charge is 2.36. The molecular formula is C22H20Cl2N4O3. The lowest BCUT2D eigenvalue weighted by atomic mass is 10.0. The van der Waals surface area contributed by atoms with Crippen LogP contribution in [-0.4, -0.2) is 28.7 Å². The normalized spacial score (nSPS) is 14.8. The molecule has 1 unspecified atom stereocenters. The monoisotopic (exact) mass is 458 g/mol. The number of aromatic nitrogens is 2. The van der Waals surface area contributed by atoms with E-state index in [4.69, 9.17) is 27.9 Å². The molecule has 7 nitrogen and oxygen atoms in total. The average Bonchev–Trinajstić information content (AvgIpc) is 3.22. The number of hydrogen-bond donors (Lipinski definition) is 2. The average molecular weight is 459 g/mol. The third-order valence-electron chi connectivity index (χ3n) is 5.04. The third kappa shape index (κ3) is 4.24. The first kappa shape index (κ1) is 21.2. The molecule has 0 radical (unpaired) electrons. The van der Waals surface area contributed by atoms with Crippen molar-refractivity contribution in [2.24, 2.45) is 0 Å². The number of carbonyl (C=O) groups is 2. The van der Waals surface area contributed by atoms with E-state index in [-0.39, 0.29) is 18.2 Å². The molecule has 160 valence electrons. The number of nitrogens with one attached hydrogen (secondary N) is 2. The van der Waals surface area contributed by atoms with Crippen LogP contribution in [-0.2, 0) is 16.0 Å². The van der Waals surface area contributed by atoms with Crippen molar-refractivity contribution in [2.75, 3.05) is 17.7 Å². The van der Waals surface area contributed by atoms with Gasteiger partial charge < -0.3 is 15.4 Å². The molecule has 0 saturated carbocycles. The van der Waals surface area contributed by atoms with Crippen molar-refractivity contribution >= 4 is 46.5 Å². The van der Waals surface area contributed by atoms with Gasteiger partial charge in [-0.05, 0) is 42.3 Å². The topological polar surface area (TPSA) is 85.2 Å². The molecule has 1 atom stereocenters. The summed E-state index contributed by atoms with van der Waals surface area (Å²) in [5, 5.41) is 11.1. The van der Waals surface area contributed by atoms with Crippen LogP contribution >= 0.6 is 23.2 Å². The Morgan fingerprint density at radius 2 is 1.97 bits per heavy atom. The predicted octanol–water partition coefficient (Wildman–Crippen LogP) is 4.95. The van der Waals surface area contributed by atoms with Crippen LogP contribution in [0.4, 0.5) is 11.5 Å². The van der Waals surface area contributed by atoms with Gasteiger partial charge in [0.15, 0.2) is 0 Å². The highest BCUT2D eigenvalue weighted by atomic mass is 35.5. The van der Waals surface area contributed by atoms with Crippen molar-refractivity contribution in [1.29, 1.82) is 0 Å². The van der Waals surface area contributed by atoms with Gasteiger partial charge in [-0.3, -0.25) is 9.59 Å². The van der Waals surface area contributed by atoms with Crippen molar-refractivity contribution in [3.63, 3.8) is 0 Å². The molecule has 2 aromatic carbocycles. The Labute approximate surface area is 189 Å². The fourth-order valence-electron chi connectivity index (χ4n) is 3.66. The molecular weight excluding hydrogens is 439 g/mol. The number of rotatable bonds is 6. The Morgan fingerprint density at radius 1 is 1.23 bits per heavy atom. The number of methoxy groups -OCH3 is 1. The Hall–Kier alpha value is -3.03. The molecule has 3 aromatic rings. The molecule has 1 aromatic heterocycles. The van der Waals surface area contributed by atoms with Gasteiger partial charge in [-0.2, -0.15) is 5.10 Å². The zero-order valence-electron chi connectivity index (χ0n) is 16.9. The number of ether oxygens (including phenoxy) is 1. The number of aryl methyl sites for hydroxylation is 1. The molecule has 0 saturated heterocycles. The zero-order chi connectivity index (χ0) is 22.1. The Kier molecular flexibility index (Phi) is 5.89. The van der Waals surface area contributed by atoms with E-state index in [1.807, 2.05) is 31.2 Å². The van der Waals surface area contributed by atoms with E-state index >= 15 is 0 Å². The Balaban J connectivity index is 1.62. The van der Waals surface area contributed by atoms with Crippen molar-refractivity contribution in [3.8, 4) is 16.9 Å². The van der Waals surface area contributed by atoms with Crippen LogP contribution in [0, 0.1) is 0 Å². The van der Waals surface area contributed by atoms with Gasteiger partial charge >= 0.3 is 0 Å². The maximum atomic E-state index is 12.7. The second kappa shape index (κ2) is 8.61. The summed E-state index contributed by atoms with van der Waals surface area (Å²) in [7, 11) is 1.60. The van der Waals surface area contributed by atoms with Crippen molar-refractivity contribution in [1.82, 2.24) is 9.78 Å². The molecule has 0 fully saturated rings. The number of halogens is 2. The van der Waals surface area contributed by atoms with E-state index in [1.54, 1.807) is 30.0 Å². The van der Waals surface area contributed by atoms with Crippen molar-refractivity contribution in [2.45, 2.75) is 25.8 Å². The van der Waals surface area contributed by atoms with Crippen LogP contribution in [0.1, 0.15) is 25.1 Å². The van der Waals surface area contributed by atoms with Gasteiger partial charge in [-0.25, -0.2) is 4.68 Å². The number of benzene rings is 2. The number of anilines is 2. The number of fused-ring (bicyclic) bond motifs is 1. The lowest BCUT2D eigenvalue weighted by molar-refractivity contribution is -0.123. The van der Waals surface area contributed by atoms with Crippen LogP contribution in [0.15, 0.2) is 42.5 Å². The molecule has 0 aliphatic carbocycles. The molecule has 4 rings (SSSR count). The summed E-state index contributed by atoms with van der Waals surface area (Å²) in [5.41, 5.74) is 3.01. The number of hydrogen-bond acceptors (Lipinski definition) is 4. The van der Waals surface area contributed by atoms with Crippen molar-refractivity contribution < 1.29 is 14.3 Å². The van der Waals surface area contributed by atoms with Crippen LogP contribution in [0.2, 0.25) is 10.0 Å². The highest BCUT2D eigenvalue weighted by molar-refractivity contribution is 6.35. The van der Waals surface area contributed by atoms with Crippen LogP contribution in [0.3, 0.4) is 0 Å². The second-order valence-corrected chi connectivity index (χ2v) is 7.99. The number of nitrogens with zero attached hydrogens (tertiary/aromatic N) is 2. The van der Waals surface area contributed by atoms with Crippen molar-refractivity contribution in [3.05, 3.63) is 58.2 Å². The largest absolute Gasteiger partial charge is 0.497 e. The molecule has 0 spiro atoms. The quantitative estimate of drug-likeness (QED) is 0.546. The van der Waals surface area contributed by atoms with Gasteiger partial charge in [0.2, 0.25) is 5.91 Å². The summed E-state index contributed by atoms with van der Waals surface area (Å²) in [6.45, 7) is 1.99. The molecule has 0 bridgehead atoms. The first-order chi connectivity index (χ1) is 14.9. The van der Waals surface area contributed by atoms with Gasteiger partial charge in [0, 0.05) is 21.3 Å². The second-order valence-electron chi connectivity index (χ2n) is 7.12. The summed E-state index contributed by atoms with van der Waals surface area (Å²) >= 11 is 12.0. The lowest BCUT2D eigenvalue weighted by Crippen LogP contribution is -2.24. The minimum Gasteiger partial charge on any atom is -0.497 e. The third-order valence-corrected chi connectivity index (χ3v) is 5.48. The first-order valence-corrected chi connectivity index (χ1v) is 10.5. The van der Waals surface area contributed by atoms with E-state index in [0.29, 0.717) is 33.7 Å². The molecule has 1 aliphatic rings. The molecule has 31 heavy (non-hydrogen) atoms. The minimum atomic E-state index is -0.755. The Morgan fingerprint density at radius 3 is 2.65 bits per heavy atom. The van der Waals surface area contributed by atoms with Crippen LogP contribution in [0.25, 0.3) is 11.1 Å². The number of carbonyl (C=O) groups excluding carboxylic acids is 2. The van der Waals surface area contributed by atoms with Gasteiger partial charge in [0.05, 0.1) is 19.2 Å². The summed E-state index contributed by atoms with van der Waals surface area (Å²) < 4.78 is 6.93. The highest BCUT2D eigenvalue weighted by Crippen LogP contribution is 2.39. The first-order valence-electron chi connectivity index (χ1n) is 9.72. The zero-order valence-corrected chi connectivity index (χ0v) is 18.4. The van der Waals surface area contributed by atoms with E-state index < -0.39 is 6.04 Å².